The molecule has 146 valence electrons. The normalized spacial score (nSPS) is 10.1. The van der Waals surface area contributed by atoms with Crippen molar-refractivity contribution in [1.29, 1.82) is 0 Å². The van der Waals surface area contributed by atoms with Gasteiger partial charge in [0.2, 0.25) is 0 Å². The molecule has 0 amide bonds. The fraction of sp³-hybridized carbons (Fsp3) is 0. The molecule has 0 unspecified atom stereocenters. The maximum absolute atomic E-state index is 12.8. The van der Waals surface area contributed by atoms with Crippen LogP contribution in [0.1, 0.15) is 73.3 Å². The summed E-state index contributed by atoms with van der Waals surface area (Å²) in [6.45, 7) is 0. The number of carbonyl (C=O) groups excluding carboxylic acids is 6. The largest absolute Gasteiger partial charge is 0.298 e. The Morgan fingerprint density at radius 1 is 0.467 bits per heavy atom. The number of hydrogen-bond donors (Lipinski definition) is 0. The molecule has 0 aliphatic heterocycles. The molecule has 0 saturated heterocycles. The lowest BCUT2D eigenvalue weighted by Crippen LogP contribution is -2.07. The molecular formula is C24H14O6. The summed E-state index contributed by atoms with van der Waals surface area (Å²) in [6, 6.07) is 14.3. The van der Waals surface area contributed by atoms with Gasteiger partial charge in [0.05, 0.1) is 0 Å². The molecule has 0 heterocycles. The first-order valence-corrected chi connectivity index (χ1v) is 8.80. The predicted octanol–water partition coefficient (Wildman–Crippen LogP) is 3.40. The van der Waals surface area contributed by atoms with Crippen LogP contribution < -0.4 is 0 Å². The number of carbonyl (C=O) groups is 6. The van der Waals surface area contributed by atoms with E-state index in [9.17, 15) is 28.8 Å². The van der Waals surface area contributed by atoms with Gasteiger partial charge in [-0.05, 0) is 18.2 Å². The highest BCUT2D eigenvalue weighted by Gasteiger charge is 2.16. The van der Waals surface area contributed by atoms with Gasteiger partial charge in [-0.2, -0.15) is 0 Å². The van der Waals surface area contributed by atoms with Crippen LogP contribution >= 0.6 is 0 Å². The molecule has 0 radical (unpaired) electrons. The van der Waals surface area contributed by atoms with Crippen molar-refractivity contribution in [3.63, 3.8) is 0 Å². The quantitative estimate of drug-likeness (QED) is 0.426. The van der Waals surface area contributed by atoms with Crippen LogP contribution in [0.15, 0.2) is 60.7 Å². The van der Waals surface area contributed by atoms with Crippen molar-refractivity contribution in [2.45, 2.75) is 0 Å². The van der Waals surface area contributed by atoms with Gasteiger partial charge in [-0.3, -0.25) is 28.8 Å². The van der Waals surface area contributed by atoms with E-state index >= 15 is 0 Å². The number of ketones is 2. The van der Waals surface area contributed by atoms with Gasteiger partial charge in [-0.15, -0.1) is 0 Å². The van der Waals surface area contributed by atoms with Gasteiger partial charge in [0, 0.05) is 44.5 Å². The third-order valence-electron chi connectivity index (χ3n) is 4.59. The zero-order valence-corrected chi connectivity index (χ0v) is 15.5. The maximum atomic E-state index is 12.8. The van der Waals surface area contributed by atoms with Crippen molar-refractivity contribution < 1.29 is 28.8 Å². The molecule has 3 aromatic carbocycles. The fourth-order valence-corrected chi connectivity index (χ4v) is 2.99. The summed E-state index contributed by atoms with van der Waals surface area (Å²) >= 11 is 0. The third kappa shape index (κ3) is 3.93. The number of rotatable bonds is 8. The topological polar surface area (TPSA) is 102 Å². The van der Waals surface area contributed by atoms with Gasteiger partial charge in [0.15, 0.2) is 36.7 Å². The van der Waals surface area contributed by atoms with Crippen LogP contribution in [-0.4, -0.2) is 36.7 Å². The average molecular weight is 398 g/mol. The number of benzene rings is 3. The van der Waals surface area contributed by atoms with Crippen molar-refractivity contribution in [3.05, 3.63) is 105 Å². The summed E-state index contributed by atoms with van der Waals surface area (Å²) in [5.74, 6) is -0.842. The van der Waals surface area contributed by atoms with Crippen LogP contribution in [0.2, 0.25) is 0 Å². The summed E-state index contributed by atoms with van der Waals surface area (Å²) < 4.78 is 0. The Morgan fingerprint density at radius 2 is 0.833 bits per heavy atom. The van der Waals surface area contributed by atoms with Crippen LogP contribution in [0, 0.1) is 0 Å². The Balaban J connectivity index is 1.96. The molecule has 0 aliphatic carbocycles. The maximum Gasteiger partial charge on any atom is 0.193 e. The van der Waals surface area contributed by atoms with Crippen molar-refractivity contribution in [3.8, 4) is 0 Å². The molecule has 0 saturated carbocycles. The average Bonchev–Trinajstić information content (AvgIpc) is 2.82. The molecule has 0 aliphatic rings. The first-order valence-electron chi connectivity index (χ1n) is 8.80. The van der Waals surface area contributed by atoms with E-state index in [2.05, 4.69) is 0 Å². The van der Waals surface area contributed by atoms with E-state index in [4.69, 9.17) is 0 Å². The standard InChI is InChI=1S/C24H14O6/c25-11-19-6-4-17(9-21(19)13-27)23(29)15-2-1-3-16(8-15)24(30)18-5-7-20(12-26)22(10-18)14-28/h1-14H. The zero-order valence-electron chi connectivity index (χ0n) is 15.5. The minimum Gasteiger partial charge on any atom is -0.298 e. The van der Waals surface area contributed by atoms with Crippen molar-refractivity contribution in [2.24, 2.45) is 0 Å². The van der Waals surface area contributed by atoms with E-state index in [1.165, 1.54) is 54.6 Å². The van der Waals surface area contributed by atoms with Gasteiger partial charge in [-0.1, -0.05) is 42.5 Å². The molecule has 0 spiro atoms. The Bertz CT molecular complexity index is 1120. The van der Waals surface area contributed by atoms with E-state index in [0.717, 1.165) is 0 Å². The highest BCUT2D eigenvalue weighted by atomic mass is 16.1. The van der Waals surface area contributed by atoms with Crippen LogP contribution in [0.5, 0.6) is 0 Å². The van der Waals surface area contributed by atoms with Gasteiger partial charge >= 0.3 is 0 Å². The molecule has 0 bridgehead atoms. The highest BCUT2D eigenvalue weighted by Crippen LogP contribution is 2.18. The molecule has 30 heavy (non-hydrogen) atoms. The number of aldehydes is 4. The molecule has 3 rings (SSSR count). The Labute approximate surface area is 171 Å². The summed E-state index contributed by atoms with van der Waals surface area (Å²) in [5, 5.41) is 0. The molecule has 6 nitrogen and oxygen atoms in total. The third-order valence-corrected chi connectivity index (χ3v) is 4.59. The van der Waals surface area contributed by atoms with Crippen molar-refractivity contribution in [2.75, 3.05) is 0 Å². The Morgan fingerprint density at radius 3 is 1.20 bits per heavy atom. The smallest absolute Gasteiger partial charge is 0.193 e. The van der Waals surface area contributed by atoms with Crippen LogP contribution in [-0.2, 0) is 0 Å². The van der Waals surface area contributed by atoms with Crippen LogP contribution in [0.4, 0.5) is 0 Å². The summed E-state index contributed by atoms with van der Waals surface area (Å²) in [6.07, 6.45) is 2.05. The predicted molar refractivity (Wildman–Crippen MR) is 108 cm³/mol. The van der Waals surface area contributed by atoms with Crippen molar-refractivity contribution >= 4 is 36.7 Å². The molecule has 0 N–H and O–H groups in total. The van der Waals surface area contributed by atoms with E-state index in [-0.39, 0.29) is 44.5 Å². The summed E-state index contributed by atoms with van der Waals surface area (Å²) in [7, 11) is 0. The second-order valence-corrected chi connectivity index (χ2v) is 6.40. The van der Waals surface area contributed by atoms with E-state index in [1.807, 2.05) is 0 Å². The van der Waals surface area contributed by atoms with E-state index in [1.54, 1.807) is 6.07 Å². The highest BCUT2D eigenvalue weighted by molar-refractivity contribution is 6.14. The lowest BCUT2D eigenvalue weighted by Gasteiger charge is -2.07. The van der Waals surface area contributed by atoms with Crippen molar-refractivity contribution in [1.82, 2.24) is 0 Å². The lowest BCUT2D eigenvalue weighted by atomic mass is 9.95. The van der Waals surface area contributed by atoms with E-state index < -0.39 is 11.6 Å². The minimum atomic E-state index is -0.421. The molecule has 0 fully saturated rings. The monoisotopic (exact) mass is 398 g/mol. The van der Waals surface area contributed by atoms with Gasteiger partial charge in [0.25, 0.3) is 0 Å². The zero-order chi connectivity index (χ0) is 21.7. The molecule has 0 aromatic heterocycles. The molecule has 6 heteroatoms. The molecular weight excluding hydrogens is 384 g/mol. The fourth-order valence-electron chi connectivity index (χ4n) is 2.99. The van der Waals surface area contributed by atoms with Gasteiger partial charge in [0.1, 0.15) is 0 Å². The van der Waals surface area contributed by atoms with Gasteiger partial charge in [-0.25, -0.2) is 0 Å². The van der Waals surface area contributed by atoms with Gasteiger partial charge < -0.3 is 0 Å². The first kappa shape index (κ1) is 20.4. The summed E-state index contributed by atoms with van der Waals surface area (Å²) in [5.41, 5.74) is 1.38. The molecule has 0 atom stereocenters. The lowest BCUT2D eigenvalue weighted by molar-refractivity contribution is 0.103. The Kier molecular flexibility index (Phi) is 5.98. The summed E-state index contributed by atoms with van der Waals surface area (Å²) in [4.78, 5) is 69.8. The van der Waals surface area contributed by atoms with E-state index in [0.29, 0.717) is 25.1 Å². The second kappa shape index (κ2) is 8.79. The van der Waals surface area contributed by atoms with Crippen LogP contribution in [0.3, 0.4) is 0 Å². The SMILES string of the molecule is O=Cc1ccc(C(=O)c2cccc(C(=O)c3ccc(C=O)c(C=O)c3)c2)cc1C=O. The minimum absolute atomic E-state index is 0.0970. The van der Waals surface area contributed by atoms with Crippen LogP contribution in [0.25, 0.3) is 0 Å². The Hall–Kier alpha value is -4.32. The second-order valence-electron chi connectivity index (χ2n) is 6.40. The number of hydrogen-bond acceptors (Lipinski definition) is 6. The molecule has 3 aromatic rings. The first-order chi connectivity index (χ1) is 14.5.